The number of anilines is 1. The van der Waals surface area contributed by atoms with Gasteiger partial charge in [-0.1, -0.05) is 6.07 Å². The molecule has 3 aliphatic rings. The highest BCUT2D eigenvalue weighted by atomic mass is 19.1. The molecule has 0 saturated carbocycles. The summed E-state index contributed by atoms with van der Waals surface area (Å²) < 4.78 is 27.1. The number of halogens is 1. The molecule has 0 bridgehead atoms. The van der Waals surface area contributed by atoms with E-state index < -0.39 is 0 Å². The fourth-order valence-corrected chi connectivity index (χ4v) is 6.28. The van der Waals surface area contributed by atoms with Gasteiger partial charge in [0.1, 0.15) is 29.5 Å². The molecule has 0 unspecified atom stereocenters. The SMILES string of the molecule is O=C(c1ccc(O[C@H]2CCNC2)c(-c2ccc3[nH]ncc3c2)c1)N1CCC(Oc2cc(F)cc(N3CCNCC3)c2)CC1. The van der Waals surface area contributed by atoms with Gasteiger partial charge in [0.05, 0.1) is 11.7 Å². The Morgan fingerprint density at radius 2 is 1.72 bits per heavy atom. The number of piperidine rings is 1. The molecule has 4 aromatic rings. The minimum atomic E-state index is -0.294. The highest BCUT2D eigenvalue weighted by molar-refractivity contribution is 5.97. The third-order valence-corrected chi connectivity index (χ3v) is 8.66. The number of hydrogen-bond acceptors (Lipinski definition) is 7. The van der Waals surface area contributed by atoms with Crippen LogP contribution in [0.2, 0.25) is 0 Å². The molecular weight excluding hydrogens is 547 g/mol. The minimum Gasteiger partial charge on any atom is -0.490 e. The van der Waals surface area contributed by atoms with Gasteiger partial charge in [-0.3, -0.25) is 9.89 Å². The van der Waals surface area contributed by atoms with Gasteiger partial charge >= 0.3 is 0 Å². The number of aromatic amines is 1. The summed E-state index contributed by atoms with van der Waals surface area (Å²) in [4.78, 5) is 17.8. The Hall–Kier alpha value is -4.15. The summed E-state index contributed by atoms with van der Waals surface area (Å²) in [5.74, 6) is 1.02. The average molecular weight is 585 g/mol. The number of hydrogen-bond donors (Lipinski definition) is 3. The molecule has 43 heavy (non-hydrogen) atoms. The molecule has 0 aliphatic carbocycles. The summed E-state index contributed by atoms with van der Waals surface area (Å²) in [6, 6.07) is 16.8. The lowest BCUT2D eigenvalue weighted by atomic mass is 9.99. The standard InChI is InChI=1S/C33H37FN6O3/c34-25-17-26(39-13-9-35-10-14-39)19-29(18-25)42-27-6-11-40(12-7-27)33(41)23-2-4-32(43-28-5-8-36-21-28)30(16-23)22-1-3-31-24(15-22)20-37-38-31/h1-4,15-20,27-28,35-36H,5-14,21H2,(H,37,38)/t28-/m0/s1. The molecule has 10 heteroatoms. The Morgan fingerprint density at radius 3 is 2.53 bits per heavy atom. The molecule has 9 nitrogen and oxygen atoms in total. The van der Waals surface area contributed by atoms with Crippen molar-refractivity contribution < 1.29 is 18.7 Å². The highest BCUT2D eigenvalue weighted by Gasteiger charge is 2.27. The first-order valence-electron chi connectivity index (χ1n) is 15.3. The Morgan fingerprint density at radius 1 is 0.860 bits per heavy atom. The van der Waals surface area contributed by atoms with Crippen LogP contribution in [-0.2, 0) is 0 Å². The van der Waals surface area contributed by atoms with Crippen molar-refractivity contribution in [2.45, 2.75) is 31.5 Å². The number of amides is 1. The molecular formula is C33H37FN6O3. The Kier molecular flexibility index (Phi) is 7.86. The summed E-state index contributed by atoms with van der Waals surface area (Å²) in [6.45, 7) is 6.35. The second kappa shape index (κ2) is 12.2. The monoisotopic (exact) mass is 584 g/mol. The van der Waals surface area contributed by atoms with Crippen molar-refractivity contribution in [2.24, 2.45) is 0 Å². The summed E-state index contributed by atoms with van der Waals surface area (Å²) >= 11 is 0. The summed E-state index contributed by atoms with van der Waals surface area (Å²) in [5.41, 5.74) is 4.31. The van der Waals surface area contributed by atoms with E-state index in [1.54, 1.807) is 12.3 Å². The fourth-order valence-electron chi connectivity index (χ4n) is 6.28. The molecule has 1 amide bonds. The van der Waals surface area contributed by atoms with E-state index in [1.165, 1.54) is 6.07 Å². The number of carbonyl (C=O) groups excluding carboxylic acids is 1. The third-order valence-electron chi connectivity index (χ3n) is 8.66. The van der Waals surface area contributed by atoms with E-state index in [9.17, 15) is 9.18 Å². The molecule has 1 aromatic heterocycles. The van der Waals surface area contributed by atoms with E-state index in [-0.39, 0.29) is 23.9 Å². The van der Waals surface area contributed by atoms with Gasteiger partial charge in [-0.2, -0.15) is 5.10 Å². The van der Waals surface area contributed by atoms with Gasteiger partial charge in [0.25, 0.3) is 5.91 Å². The van der Waals surface area contributed by atoms with E-state index in [4.69, 9.17) is 9.47 Å². The van der Waals surface area contributed by atoms with Crippen molar-refractivity contribution in [3.05, 3.63) is 72.2 Å². The maximum atomic E-state index is 14.5. The van der Waals surface area contributed by atoms with Crippen LogP contribution in [0.4, 0.5) is 10.1 Å². The van der Waals surface area contributed by atoms with Crippen LogP contribution in [0.1, 0.15) is 29.6 Å². The van der Waals surface area contributed by atoms with Crippen LogP contribution < -0.4 is 25.0 Å². The number of fused-ring (bicyclic) bond motifs is 1. The Balaban J connectivity index is 1.05. The molecule has 3 fully saturated rings. The van der Waals surface area contributed by atoms with Crippen LogP contribution in [0.25, 0.3) is 22.0 Å². The predicted molar refractivity (Wildman–Crippen MR) is 164 cm³/mol. The normalized spacial score (nSPS) is 19.6. The first kappa shape index (κ1) is 27.7. The zero-order valence-electron chi connectivity index (χ0n) is 24.2. The van der Waals surface area contributed by atoms with Crippen LogP contribution in [0, 0.1) is 5.82 Å². The van der Waals surface area contributed by atoms with Crippen LogP contribution in [0.5, 0.6) is 11.5 Å². The van der Waals surface area contributed by atoms with E-state index >= 15 is 0 Å². The molecule has 0 spiro atoms. The number of likely N-dealkylation sites (tertiary alicyclic amines) is 1. The van der Waals surface area contributed by atoms with Gasteiger partial charge in [-0.15, -0.1) is 0 Å². The van der Waals surface area contributed by atoms with Crippen molar-refractivity contribution >= 4 is 22.5 Å². The molecule has 1 atom stereocenters. The number of ether oxygens (including phenoxy) is 2. The zero-order valence-corrected chi connectivity index (χ0v) is 24.2. The van der Waals surface area contributed by atoms with Crippen molar-refractivity contribution in [1.29, 1.82) is 0 Å². The maximum absolute atomic E-state index is 14.5. The molecule has 3 aliphatic heterocycles. The topological polar surface area (TPSA) is 94.7 Å². The third kappa shape index (κ3) is 6.16. The van der Waals surface area contributed by atoms with Crippen molar-refractivity contribution in [3.63, 3.8) is 0 Å². The van der Waals surface area contributed by atoms with Crippen molar-refractivity contribution in [1.82, 2.24) is 25.7 Å². The van der Waals surface area contributed by atoms with Crippen molar-refractivity contribution in [2.75, 3.05) is 57.3 Å². The Bertz CT molecular complexity index is 1590. The fraction of sp³-hybridized carbons (Fsp3) is 0.394. The highest BCUT2D eigenvalue weighted by Crippen LogP contribution is 2.35. The minimum absolute atomic E-state index is 0.00933. The molecule has 3 aromatic carbocycles. The quantitative estimate of drug-likeness (QED) is 0.300. The number of nitrogens with one attached hydrogen (secondary N) is 3. The van der Waals surface area contributed by atoms with E-state index in [0.29, 0.717) is 37.2 Å². The first-order valence-corrected chi connectivity index (χ1v) is 15.3. The largest absolute Gasteiger partial charge is 0.490 e. The number of H-pyrrole nitrogens is 1. The lowest BCUT2D eigenvalue weighted by Crippen LogP contribution is -2.43. The molecule has 4 heterocycles. The van der Waals surface area contributed by atoms with E-state index in [1.807, 2.05) is 41.3 Å². The average Bonchev–Trinajstić information content (AvgIpc) is 3.73. The van der Waals surface area contributed by atoms with Gasteiger partial charge in [0.2, 0.25) is 0 Å². The lowest BCUT2D eigenvalue weighted by Gasteiger charge is -2.33. The molecule has 3 N–H and O–H groups in total. The molecule has 7 rings (SSSR count). The van der Waals surface area contributed by atoms with E-state index in [0.717, 1.165) is 79.2 Å². The van der Waals surface area contributed by atoms with E-state index in [2.05, 4.69) is 31.8 Å². The number of aromatic nitrogens is 2. The number of piperazine rings is 1. The second-order valence-electron chi connectivity index (χ2n) is 11.6. The van der Waals surface area contributed by atoms with Crippen LogP contribution in [-0.4, -0.2) is 85.6 Å². The second-order valence-corrected chi connectivity index (χ2v) is 11.6. The van der Waals surface area contributed by atoms with Crippen LogP contribution >= 0.6 is 0 Å². The lowest BCUT2D eigenvalue weighted by molar-refractivity contribution is 0.0595. The number of carbonyl (C=O) groups is 1. The van der Waals surface area contributed by atoms with Gasteiger partial charge in [0.15, 0.2) is 0 Å². The van der Waals surface area contributed by atoms with Crippen LogP contribution in [0.15, 0.2) is 60.8 Å². The molecule has 224 valence electrons. The number of benzene rings is 3. The number of nitrogens with zero attached hydrogens (tertiary/aromatic N) is 3. The number of rotatable bonds is 7. The van der Waals surface area contributed by atoms with Gasteiger partial charge < -0.3 is 29.9 Å². The van der Waals surface area contributed by atoms with Gasteiger partial charge in [0, 0.05) is 93.0 Å². The molecule has 3 saturated heterocycles. The maximum Gasteiger partial charge on any atom is 0.253 e. The molecule has 0 radical (unpaired) electrons. The van der Waals surface area contributed by atoms with Gasteiger partial charge in [-0.05, 0) is 54.9 Å². The summed E-state index contributed by atoms with van der Waals surface area (Å²) in [7, 11) is 0. The van der Waals surface area contributed by atoms with Gasteiger partial charge in [-0.25, -0.2) is 4.39 Å². The van der Waals surface area contributed by atoms with Crippen molar-refractivity contribution in [3.8, 4) is 22.6 Å². The zero-order chi connectivity index (χ0) is 29.2. The Labute approximate surface area is 250 Å². The first-order chi connectivity index (χ1) is 21.1. The smallest absolute Gasteiger partial charge is 0.253 e. The summed E-state index contributed by atoms with van der Waals surface area (Å²) in [6.07, 6.45) is 4.15. The van der Waals surface area contributed by atoms with Crippen LogP contribution in [0.3, 0.4) is 0 Å². The summed E-state index contributed by atoms with van der Waals surface area (Å²) in [5, 5.41) is 14.8. The predicted octanol–water partition coefficient (Wildman–Crippen LogP) is 4.20.